The molecule has 0 amide bonds. The number of hydrogen-bond acceptors (Lipinski definition) is 4. The fraction of sp³-hybridized carbons (Fsp3) is 0.300. The summed E-state index contributed by atoms with van der Waals surface area (Å²) in [6, 6.07) is 9.73. The summed E-state index contributed by atoms with van der Waals surface area (Å²) < 4.78 is 7.88. The van der Waals surface area contributed by atoms with E-state index < -0.39 is 0 Å². The zero-order chi connectivity index (χ0) is 17.4. The maximum absolute atomic E-state index is 13.0. The summed E-state index contributed by atoms with van der Waals surface area (Å²) >= 11 is 0. The number of rotatable bonds is 4. The third-order valence-corrected chi connectivity index (χ3v) is 4.58. The van der Waals surface area contributed by atoms with Crippen molar-refractivity contribution in [3.63, 3.8) is 0 Å². The minimum absolute atomic E-state index is 0.0759. The zero-order valence-corrected chi connectivity index (χ0v) is 14.5. The van der Waals surface area contributed by atoms with Crippen LogP contribution in [0.2, 0.25) is 0 Å². The molecule has 0 atom stereocenters. The van der Waals surface area contributed by atoms with Gasteiger partial charge in [-0.15, -0.1) is 0 Å². The highest BCUT2D eigenvalue weighted by atomic mass is 16.3. The van der Waals surface area contributed by atoms with Crippen LogP contribution in [-0.4, -0.2) is 35.1 Å². The van der Waals surface area contributed by atoms with Gasteiger partial charge >= 0.3 is 0 Å². The first kappa shape index (κ1) is 15.8. The van der Waals surface area contributed by atoms with Crippen molar-refractivity contribution in [1.82, 2.24) is 14.5 Å². The molecule has 2 heterocycles. The predicted molar refractivity (Wildman–Crippen MR) is 99.6 cm³/mol. The van der Waals surface area contributed by atoms with Crippen LogP contribution in [0.4, 0.5) is 0 Å². The number of aromatic nitrogens is 2. The summed E-state index contributed by atoms with van der Waals surface area (Å²) in [5.41, 5.74) is 3.94. The second-order valence-electron chi connectivity index (χ2n) is 6.63. The van der Waals surface area contributed by atoms with Gasteiger partial charge < -0.3 is 13.9 Å². The average molecular weight is 335 g/mol. The number of hydrogen-bond donors (Lipinski definition) is 0. The van der Waals surface area contributed by atoms with E-state index in [9.17, 15) is 4.79 Å². The first-order valence-electron chi connectivity index (χ1n) is 8.58. The molecule has 0 bridgehead atoms. The van der Waals surface area contributed by atoms with E-state index >= 15 is 0 Å². The average Bonchev–Trinajstić information content (AvgIpc) is 3.08. The first-order chi connectivity index (χ1) is 12.1. The maximum Gasteiger partial charge on any atom is 0.280 e. The van der Waals surface area contributed by atoms with Gasteiger partial charge in [-0.05, 0) is 45.1 Å². The molecule has 1 aliphatic carbocycles. The van der Waals surface area contributed by atoms with E-state index in [0.29, 0.717) is 23.5 Å². The molecule has 25 heavy (non-hydrogen) atoms. The molecule has 3 aromatic rings. The van der Waals surface area contributed by atoms with Crippen LogP contribution in [0.1, 0.15) is 17.7 Å². The molecule has 1 aliphatic rings. The van der Waals surface area contributed by atoms with Crippen LogP contribution < -0.4 is 5.56 Å². The minimum atomic E-state index is -0.0759. The lowest BCUT2D eigenvalue weighted by atomic mass is 10.0. The van der Waals surface area contributed by atoms with E-state index in [0.717, 1.165) is 36.2 Å². The van der Waals surface area contributed by atoms with Crippen LogP contribution in [0.3, 0.4) is 0 Å². The Balaban J connectivity index is 1.94. The highest BCUT2D eigenvalue weighted by molar-refractivity contribution is 5.82. The summed E-state index contributed by atoms with van der Waals surface area (Å²) in [5, 5.41) is 0. The van der Waals surface area contributed by atoms with Crippen molar-refractivity contribution in [2.45, 2.75) is 19.4 Å². The molecule has 4 rings (SSSR count). The predicted octanol–water partition coefficient (Wildman–Crippen LogP) is 3.18. The monoisotopic (exact) mass is 335 g/mol. The zero-order valence-electron chi connectivity index (χ0n) is 14.5. The van der Waals surface area contributed by atoms with Crippen molar-refractivity contribution in [3.8, 4) is 11.5 Å². The van der Waals surface area contributed by atoms with E-state index in [-0.39, 0.29) is 5.56 Å². The van der Waals surface area contributed by atoms with Crippen LogP contribution in [-0.2, 0) is 13.0 Å². The van der Waals surface area contributed by atoms with Gasteiger partial charge in [-0.1, -0.05) is 24.3 Å². The van der Waals surface area contributed by atoms with Crippen LogP contribution in [0.25, 0.3) is 28.6 Å². The van der Waals surface area contributed by atoms with Gasteiger partial charge in [0.05, 0.1) is 5.69 Å². The Labute approximate surface area is 146 Å². The Morgan fingerprint density at radius 3 is 2.80 bits per heavy atom. The molecule has 0 spiro atoms. The largest absolute Gasteiger partial charge is 0.435 e. The molecule has 5 heteroatoms. The number of nitrogens with zero attached hydrogens (tertiary/aromatic N) is 3. The Morgan fingerprint density at radius 2 is 2.04 bits per heavy atom. The van der Waals surface area contributed by atoms with Crippen molar-refractivity contribution in [2.75, 3.05) is 20.6 Å². The highest BCUT2D eigenvalue weighted by Crippen LogP contribution is 2.29. The fourth-order valence-corrected chi connectivity index (χ4v) is 3.27. The van der Waals surface area contributed by atoms with Gasteiger partial charge in [-0.2, -0.15) is 0 Å². The number of pyridine rings is 1. The standard InChI is InChI=1S/C20H21N3O2/c1-22(2)12-13-23-16-11-7-6-10-15(16)18-17(20(23)24)21-19(25-18)14-8-4-3-5-9-14/h3-5,7-9,11H,6,10,12-13H2,1-2H3. The molecule has 5 nitrogen and oxygen atoms in total. The van der Waals surface area contributed by atoms with E-state index in [2.05, 4.69) is 16.0 Å². The molecule has 1 aromatic carbocycles. The van der Waals surface area contributed by atoms with Gasteiger partial charge in [0.25, 0.3) is 5.56 Å². The van der Waals surface area contributed by atoms with Gasteiger partial charge in [-0.25, -0.2) is 4.98 Å². The van der Waals surface area contributed by atoms with E-state index in [4.69, 9.17) is 4.42 Å². The summed E-state index contributed by atoms with van der Waals surface area (Å²) in [7, 11) is 4.02. The number of benzene rings is 1. The SMILES string of the molecule is CN(C)CCn1c2c(c3oc(-c4ccccc4)nc3c1=O)CCC=C2. The van der Waals surface area contributed by atoms with Crippen LogP contribution >= 0.6 is 0 Å². The molecule has 0 saturated carbocycles. The van der Waals surface area contributed by atoms with Gasteiger partial charge in [0.15, 0.2) is 11.1 Å². The number of fused-ring (bicyclic) bond motifs is 3. The molecule has 2 aromatic heterocycles. The lowest BCUT2D eigenvalue weighted by Crippen LogP contribution is -2.29. The van der Waals surface area contributed by atoms with Gasteiger partial charge in [-0.3, -0.25) is 4.79 Å². The van der Waals surface area contributed by atoms with Crippen LogP contribution in [0.15, 0.2) is 45.6 Å². The quantitative estimate of drug-likeness (QED) is 0.735. The van der Waals surface area contributed by atoms with Crippen molar-refractivity contribution in [1.29, 1.82) is 0 Å². The van der Waals surface area contributed by atoms with Crippen molar-refractivity contribution in [3.05, 3.63) is 58.0 Å². The van der Waals surface area contributed by atoms with Crippen LogP contribution in [0, 0.1) is 0 Å². The van der Waals surface area contributed by atoms with Crippen LogP contribution in [0.5, 0.6) is 0 Å². The summed E-state index contributed by atoms with van der Waals surface area (Å²) in [6.07, 6.45) is 5.98. The van der Waals surface area contributed by atoms with Crippen molar-refractivity contribution in [2.24, 2.45) is 0 Å². The van der Waals surface area contributed by atoms with Gasteiger partial charge in [0.2, 0.25) is 5.89 Å². The number of aryl methyl sites for hydroxylation is 1. The maximum atomic E-state index is 13.0. The lowest BCUT2D eigenvalue weighted by Gasteiger charge is -2.18. The topological polar surface area (TPSA) is 51.3 Å². The molecule has 0 aliphatic heterocycles. The lowest BCUT2D eigenvalue weighted by molar-refractivity contribution is 0.380. The second-order valence-corrected chi connectivity index (χ2v) is 6.63. The summed E-state index contributed by atoms with van der Waals surface area (Å²) in [6.45, 7) is 1.44. The summed E-state index contributed by atoms with van der Waals surface area (Å²) in [4.78, 5) is 19.7. The third-order valence-electron chi connectivity index (χ3n) is 4.58. The first-order valence-corrected chi connectivity index (χ1v) is 8.58. The fourth-order valence-electron chi connectivity index (χ4n) is 3.27. The number of allylic oxidation sites excluding steroid dienone is 1. The molecule has 0 N–H and O–H groups in total. The van der Waals surface area contributed by atoms with E-state index in [1.54, 1.807) is 0 Å². The molecular weight excluding hydrogens is 314 g/mol. The Bertz CT molecular complexity index is 997. The minimum Gasteiger partial charge on any atom is -0.435 e. The van der Waals surface area contributed by atoms with Crippen molar-refractivity contribution >= 4 is 17.2 Å². The van der Waals surface area contributed by atoms with Gasteiger partial charge in [0.1, 0.15) is 0 Å². The van der Waals surface area contributed by atoms with Crippen molar-refractivity contribution < 1.29 is 4.42 Å². The highest BCUT2D eigenvalue weighted by Gasteiger charge is 2.22. The molecule has 0 saturated heterocycles. The van der Waals surface area contributed by atoms with E-state index in [1.165, 1.54) is 0 Å². The van der Waals surface area contributed by atoms with Gasteiger partial charge in [0, 0.05) is 24.2 Å². The second kappa shape index (κ2) is 6.33. The molecule has 0 radical (unpaired) electrons. The number of oxazole rings is 1. The Kier molecular flexibility index (Phi) is 4.01. The molecule has 0 unspecified atom stereocenters. The Morgan fingerprint density at radius 1 is 1.24 bits per heavy atom. The smallest absolute Gasteiger partial charge is 0.280 e. The Hall–Kier alpha value is -2.66. The molecule has 0 fully saturated rings. The normalized spacial score (nSPS) is 13.6. The summed E-state index contributed by atoms with van der Waals surface area (Å²) in [5.74, 6) is 0.509. The third kappa shape index (κ3) is 2.81. The molecule has 128 valence electrons. The number of likely N-dealkylation sites (N-methyl/N-ethyl adjacent to an activating group) is 1. The molecular formula is C20H21N3O2. The van der Waals surface area contributed by atoms with E-state index in [1.807, 2.05) is 55.1 Å².